The van der Waals surface area contributed by atoms with Gasteiger partial charge in [-0.15, -0.1) is 0 Å². The molecule has 1 aromatic heterocycles. The number of phenols is 1. The fourth-order valence-corrected chi connectivity index (χ4v) is 3.28. The van der Waals surface area contributed by atoms with Gasteiger partial charge in [-0.3, -0.25) is 4.99 Å². The Bertz CT molecular complexity index is 1130. The highest BCUT2D eigenvalue weighted by Gasteiger charge is 2.14. The Balaban J connectivity index is 1.73. The molecule has 1 N–H and O–H groups in total. The Morgan fingerprint density at radius 2 is 1.92 bits per heavy atom. The van der Waals surface area contributed by atoms with Gasteiger partial charge in [-0.1, -0.05) is 24.3 Å². The van der Waals surface area contributed by atoms with Gasteiger partial charge in [0.1, 0.15) is 11.3 Å². The first-order valence-electron chi connectivity index (χ1n) is 8.09. The molecule has 0 fully saturated rings. The quantitative estimate of drug-likeness (QED) is 0.312. The maximum atomic E-state index is 10.3. The summed E-state index contributed by atoms with van der Waals surface area (Å²) < 4.78 is 6.98. The van der Waals surface area contributed by atoms with E-state index in [0.29, 0.717) is 17.0 Å². The number of nitrogens with zero attached hydrogens (tertiary/aromatic N) is 2. The van der Waals surface area contributed by atoms with Crippen LogP contribution >= 0.6 is 22.6 Å². The van der Waals surface area contributed by atoms with Gasteiger partial charge in [-0.2, -0.15) is 0 Å². The maximum absolute atomic E-state index is 10.3. The summed E-state index contributed by atoms with van der Waals surface area (Å²) in [6.45, 7) is 1.98. The molecule has 0 saturated heterocycles. The van der Waals surface area contributed by atoms with Crippen molar-refractivity contribution in [1.82, 2.24) is 4.98 Å². The first kappa shape index (κ1) is 16.8. The first-order valence-corrected chi connectivity index (χ1v) is 9.17. The Morgan fingerprint density at radius 3 is 2.73 bits per heavy atom. The van der Waals surface area contributed by atoms with Gasteiger partial charge in [0.2, 0.25) is 5.89 Å². The summed E-state index contributed by atoms with van der Waals surface area (Å²) in [6.07, 6.45) is 1.80. The Labute approximate surface area is 164 Å². The molecule has 1 heterocycles. The average Bonchev–Trinajstić information content (AvgIpc) is 3.06. The second kappa shape index (κ2) is 6.92. The van der Waals surface area contributed by atoms with E-state index in [1.807, 2.05) is 43.3 Å². The van der Waals surface area contributed by atoms with E-state index in [2.05, 4.69) is 38.6 Å². The van der Waals surface area contributed by atoms with E-state index in [0.717, 1.165) is 25.9 Å². The van der Waals surface area contributed by atoms with Crippen LogP contribution in [0, 0.1) is 10.5 Å². The molecule has 26 heavy (non-hydrogen) atoms. The standard InChI is InChI=1S/C21H15IN2O2/c1-13-4-2-7-19-20(13)24-21(26-19)17-11-16(8-9-18(17)25)23-12-14-5-3-6-15(22)10-14/h2-12,25H,1H3. The number of aryl methyl sites for hydroxylation is 1. The predicted molar refractivity (Wildman–Crippen MR) is 112 cm³/mol. The molecule has 0 unspecified atom stereocenters. The smallest absolute Gasteiger partial charge is 0.231 e. The number of phenolic OH excluding ortho intramolecular Hbond substituents is 1. The zero-order valence-electron chi connectivity index (χ0n) is 14.0. The van der Waals surface area contributed by atoms with E-state index in [1.165, 1.54) is 0 Å². The lowest BCUT2D eigenvalue weighted by Crippen LogP contribution is -1.83. The number of aliphatic imine (C=N–C) groups is 1. The summed E-state index contributed by atoms with van der Waals surface area (Å²) in [5.41, 5.74) is 4.80. The fourth-order valence-electron chi connectivity index (χ4n) is 2.71. The van der Waals surface area contributed by atoms with Crippen LogP contribution in [0.1, 0.15) is 11.1 Å². The molecule has 0 aliphatic heterocycles. The number of rotatable bonds is 3. The highest BCUT2D eigenvalue weighted by atomic mass is 127. The van der Waals surface area contributed by atoms with Crippen molar-refractivity contribution >= 4 is 45.6 Å². The van der Waals surface area contributed by atoms with Crippen molar-refractivity contribution in [3.8, 4) is 17.2 Å². The zero-order valence-corrected chi connectivity index (χ0v) is 16.1. The lowest BCUT2D eigenvalue weighted by molar-refractivity contribution is 0.474. The minimum absolute atomic E-state index is 0.113. The number of hydrogen-bond donors (Lipinski definition) is 1. The zero-order chi connectivity index (χ0) is 18.1. The summed E-state index contributed by atoms with van der Waals surface area (Å²) in [5, 5.41) is 10.3. The molecule has 4 rings (SSSR count). The van der Waals surface area contributed by atoms with Crippen molar-refractivity contribution in [3.05, 3.63) is 75.4 Å². The number of halogens is 1. The number of para-hydroxylation sites is 1. The van der Waals surface area contributed by atoms with E-state index >= 15 is 0 Å². The van der Waals surface area contributed by atoms with Crippen LogP contribution in [-0.2, 0) is 0 Å². The summed E-state index contributed by atoms with van der Waals surface area (Å²) in [4.78, 5) is 9.04. The van der Waals surface area contributed by atoms with Crippen molar-refractivity contribution in [2.75, 3.05) is 0 Å². The van der Waals surface area contributed by atoms with E-state index in [1.54, 1.807) is 24.4 Å². The number of benzene rings is 3. The van der Waals surface area contributed by atoms with Gasteiger partial charge >= 0.3 is 0 Å². The normalized spacial score (nSPS) is 11.5. The van der Waals surface area contributed by atoms with Gasteiger partial charge in [-0.05, 0) is 77.0 Å². The van der Waals surface area contributed by atoms with Gasteiger partial charge < -0.3 is 9.52 Å². The van der Waals surface area contributed by atoms with Crippen LogP contribution in [-0.4, -0.2) is 16.3 Å². The molecule has 0 spiro atoms. The van der Waals surface area contributed by atoms with Gasteiger partial charge in [0.05, 0.1) is 11.3 Å². The summed E-state index contributed by atoms with van der Waals surface area (Å²) in [5.74, 6) is 0.500. The molecule has 4 aromatic rings. The molecule has 0 atom stereocenters. The van der Waals surface area contributed by atoms with Crippen LogP contribution in [0.15, 0.2) is 70.1 Å². The van der Waals surface area contributed by atoms with Crippen LogP contribution in [0.25, 0.3) is 22.6 Å². The third-order valence-corrected chi connectivity index (χ3v) is 4.71. The summed E-state index contributed by atoms with van der Waals surface area (Å²) in [7, 11) is 0. The van der Waals surface area contributed by atoms with E-state index in [-0.39, 0.29) is 5.75 Å². The predicted octanol–water partition coefficient (Wildman–Crippen LogP) is 5.86. The molecule has 0 aliphatic rings. The largest absolute Gasteiger partial charge is 0.507 e. The molecule has 0 radical (unpaired) electrons. The topological polar surface area (TPSA) is 58.6 Å². The maximum Gasteiger partial charge on any atom is 0.231 e. The third-order valence-electron chi connectivity index (χ3n) is 4.04. The lowest BCUT2D eigenvalue weighted by Gasteiger charge is -2.02. The number of aromatic nitrogens is 1. The molecule has 3 aromatic carbocycles. The van der Waals surface area contributed by atoms with Crippen LogP contribution in [0.2, 0.25) is 0 Å². The monoisotopic (exact) mass is 454 g/mol. The molecule has 5 heteroatoms. The highest BCUT2D eigenvalue weighted by molar-refractivity contribution is 14.1. The first-order chi connectivity index (χ1) is 12.6. The minimum atomic E-state index is 0.113. The number of oxazole rings is 1. The Kier molecular flexibility index (Phi) is 4.46. The Hall–Kier alpha value is -2.67. The second-order valence-electron chi connectivity index (χ2n) is 5.96. The van der Waals surface area contributed by atoms with Crippen molar-refractivity contribution in [3.63, 3.8) is 0 Å². The van der Waals surface area contributed by atoms with Crippen molar-refractivity contribution < 1.29 is 9.52 Å². The molecular formula is C21H15IN2O2. The molecular weight excluding hydrogens is 439 g/mol. The average molecular weight is 454 g/mol. The SMILES string of the molecule is Cc1cccc2oc(-c3cc(N=Cc4cccc(I)c4)ccc3O)nc12. The molecule has 0 amide bonds. The van der Waals surface area contributed by atoms with Crippen LogP contribution in [0.5, 0.6) is 5.75 Å². The van der Waals surface area contributed by atoms with Crippen LogP contribution < -0.4 is 0 Å². The fraction of sp³-hybridized carbons (Fsp3) is 0.0476. The molecule has 4 nitrogen and oxygen atoms in total. The van der Waals surface area contributed by atoms with E-state index in [9.17, 15) is 5.11 Å². The highest BCUT2D eigenvalue weighted by Crippen LogP contribution is 2.34. The molecule has 0 bridgehead atoms. The Morgan fingerprint density at radius 1 is 1.08 bits per heavy atom. The van der Waals surface area contributed by atoms with Gasteiger partial charge in [0, 0.05) is 9.78 Å². The van der Waals surface area contributed by atoms with Crippen molar-refractivity contribution in [1.29, 1.82) is 0 Å². The van der Waals surface area contributed by atoms with Crippen molar-refractivity contribution in [2.45, 2.75) is 6.92 Å². The molecule has 128 valence electrons. The third kappa shape index (κ3) is 3.35. The number of aromatic hydroxyl groups is 1. The molecule has 0 saturated carbocycles. The molecule has 0 aliphatic carbocycles. The summed E-state index contributed by atoms with van der Waals surface area (Å²) >= 11 is 2.27. The van der Waals surface area contributed by atoms with Gasteiger partial charge in [0.25, 0.3) is 0 Å². The minimum Gasteiger partial charge on any atom is -0.507 e. The van der Waals surface area contributed by atoms with Gasteiger partial charge in [-0.25, -0.2) is 4.98 Å². The van der Waals surface area contributed by atoms with Crippen LogP contribution in [0.3, 0.4) is 0 Å². The number of hydrogen-bond acceptors (Lipinski definition) is 4. The van der Waals surface area contributed by atoms with Crippen LogP contribution in [0.4, 0.5) is 5.69 Å². The van der Waals surface area contributed by atoms with Gasteiger partial charge in [0.15, 0.2) is 5.58 Å². The van der Waals surface area contributed by atoms with Crippen molar-refractivity contribution in [2.24, 2.45) is 4.99 Å². The second-order valence-corrected chi connectivity index (χ2v) is 7.20. The lowest BCUT2D eigenvalue weighted by atomic mass is 10.1. The van der Waals surface area contributed by atoms with E-state index < -0.39 is 0 Å². The summed E-state index contributed by atoms with van der Waals surface area (Å²) in [6, 6.07) is 19.0. The van der Waals surface area contributed by atoms with E-state index in [4.69, 9.17) is 4.42 Å². The number of fused-ring (bicyclic) bond motifs is 1.